The minimum atomic E-state index is 0.640. The number of imidazole rings is 1. The van der Waals surface area contributed by atoms with Crippen molar-refractivity contribution in [3.63, 3.8) is 0 Å². The number of ether oxygens (including phenoxy) is 1. The molecule has 0 aliphatic carbocycles. The molecule has 1 aromatic heterocycles. The van der Waals surface area contributed by atoms with Gasteiger partial charge in [-0.1, -0.05) is 6.92 Å². The molecule has 0 aromatic carbocycles. The Labute approximate surface area is 122 Å². The minimum Gasteiger partial charge on any atom is -0.383 e. The smallest absolute Gasteiger partial charge is 0.203 e. The third kappa shape index (κ3) is 4.49. The molecule has 2 rings (SSSR count). The van der Waals surface area contributed by atoms with Crippen molar-refractivity contribution in [3.8, 4) is 0 Å². The van der Waals surface area contributed by atoms with Crippen LogP contribution >= 0.6 is 0 Å². The normalized spacial score (nSPS) is 17.6. The molecule has 2 heterocycles. The van der Waals surface area contributed by atoms with Gasteiger partial charge in [-0.25, -0.2) is 4.98 Å². The molecule has 1 fully saturated rings. The van der Waals surface area contributed by atoms with E-state index in [4.69, 9.17) is 4.74 Å². The van der Waals surface area contributed by atoms with Gasteiger partial charge >= 0.3 is 0 Å². The van der Waals surface area contributed by atoms with Gasteiger partial charge in [0.05, 0.1) is 12.3 Å². The van der Waals surface area contributed by atoms with E-state index >= 15 is 0 Å². The first-order valence-electron chi connectivity index (χ1n) is 7.68. The lowest BCUT2D eigenvalue weighted by Crippen LogP contribution is -2.29. The maximum Gasteiger partial charge on any atom is 0.203 e. The molecule has 114 valence electrons. The molecule has 0 radical (unpaired) electrons. The summed E-state index contributed by atoms with van der Waals surface area (Å²) in [6.45, 7) is 10.6. The van der Waals surface area contributed by atoms with E-state index in [9.17, 15) is 0 Å². The maximum absolute atomic E-state index is 5.14. The van der Waals surface area contributed by atoms with Crippen LogP contribution in [0.15, 0.2) is 6.20 Å². The highest BCUT2D eigenvalue weighted by Crippen LogP contribution is 2.12. The van der Waals surface area contributed by atoms with Gasteiger partial charge in [-0.2, -0.15) is 0 Å². The number of aromatic nitrogens is 2. The molecule has 1 atom stereocenters. The van der Waals surface area contributed by atoms with Crippen LogP contribution in [0.5, 0.6) is 0 Å². The van der Waals surface area contributed by atoms with Gasteiger partial charge < -0.3 is 19.5 Å². The van der Waals surface area contributed by atoms with E-state index in [0.717, 1.165) is 24.7 Å². The van der Waals surface area contributed by atoms with Crippen molar-refractivity contribution in [1.29, 1.82) is 0 Å². The van der Waals surface area contributed by atoms with Crippen molar-refractivity contribution in [2.45, 2.75) is 33.2 Å². The first-order chi connectivity index (χ1) is 9.69. The Morgan fingerprint density at radius 2 is 2.15 bits per heavy atom. The Morgan fingerprint density at radius 1 is 1.40 bits per heavy atom. The number of rotatable bonds is 8. The van der Waals surface area contributed by atoms with Crippen LogP contribution in [0.2, 0.25) is 0 Å². The van der Waals surface area contributed by atoms with Crippen LogP contribution < -0.4 is 5.32 Å². The van der Waals surface area contributed by atoms with Crippen LogP contribution in [-0.4, -0.2) is 54.3 Å². The van der Waals surface area contributed by atoms with Crippen molar-refractivity contribution >= 4 is 5.95 Å². The second kappa shape index (κ2) is 7.64. The van der Waals surface area contributed by atoms with Crippen molar-refractivity contribution < 1.29 is 4.74 Å². The van der Waals surface area contributed by atoms with E-state index in [1.165, 1.54) is 32.5 Å². The predicted octanol–water partition coefficient (Wildman–Crippen LogP) is 1.98. The van der Waals surface area contributed by atoms with Crippen LogP contribution in [0.1, 0.15) is 25.5 Å². The highest BCUT2D eigenvalue weighted by Gasteiger charge is 2.15. The van der Waals surface area contributed by atoms with E-state index in [2.05, 4.69) is 32.9 Å². The lowest BCUT2D eigenvalue weighted by Gasteiger charge is -2.20. The van der Waals surface area contributed by atoms with Gasteiger partial charge in [0.25, 0.3) is 0 Å². The number of nitrogens with zero attached hydrogens (tertiary/aromatic N) is 3. The Morgan fingerprint density at radius 3 is 2.85 bits per heavy atom. The highest BCUT2D eigenvalue weighted by atomic mass is 16.5. The summed E-state index contributed by atoms with van der Waals surface area (Å²) in [6, 6.07) is 0. The Balaban J connectivity index is 1.79. The van der Waals surface area contributed by atoms with Gasteiger partial charge in [-0.3, -0.25) is 0 Å². The fraction of sp³-hybridized carbons (Fsp3) is 0.800. The van der Waals surface area contributed by atoms with Crippen LogP contribution in [0, 0.1) is 12.8 Å². The fourth-order valence-corrected chi connectivity index (χ4v) is 2.78. The molecule has 1 aliphatic rings. The number of likely N-dealkylation sites (tertiary alicyclic amines) is 1. The molecule has 5 heteroatoms. The summed E-state index contributed by atoms with van der Waals surface area (Å²) in [7, 11) is 1.73. The van der Waals surface area contributed by atoms with Crippen LogP contribution in [0.25, 0.3) is 0 Å². The molecule has 1 unspecified atom stereocenters. The molecular weight excluding hydrogens is 252 g/mol. The van der Waals surface area contributed by atoms with E-state index < -0.39 is 0 Å². The van der Waals surface area contributed by atoms with Crippen molar-refractivity contribution in [1.82, 2.24) is 14.5 Å². The van der Waals surface area contributed by atoms with Crippen molar-refractivity contribution in [3.05, 3.63) is 11.9 Å². The zero-order valence-corrected chi connectivity index (χ0v) is 13.1. The van der Waals surface area contributed by atoms with E-state index in [1.807, 2.05) is 6.92 Å². The van der Waals surface area contributed by atoms with Crippen LogP contribution in [0.4, 0.5) is 5.95 Å². The molecule has 5 nitrogen and oxygen atoms in total. The fourth-order valence-electron chi connectivity index (χ4n) is 2.78. The predicted molar refractivity (Wildman–Crippen MR) is 82.2 cm³/mol. The lowest BCUT2D eigenvalue weighted by atomic mass is 10.1. The Kier molecular flexibility index (Phi) is 5.86. The zero-order chi connectivity index (χ0) is 14.4. The number of hydrogen-bond acceptors (Lipinski definition) is 4. The second-order valence-corrected chi connectivity index (χ2v) is 5.89. The molecule has 1 aromatic rings. The van der Waals surface area contributed by atoms with Gasteiger partial charge in [0.15, 0.2) is 0 Å². The Bertz CT molecular complexity index is 399. The average molecular weight is 280 g/mol. The maximum atomic E-state index is 5.14. The minimum absolute atomic E-state index is 0.640. The molecule has 1 saturated heterocycles. The summed E-state index contributed by atoms with van der Waals surface area (Å²) in [4.78, 5) is 7.11. The number of hydrogen-bond donors (Lipinski definition) is 1. The summed E-state index contributed by atoms with van der Waals surface area (Å²) in [5.41, 5.74) is 1.05. The SMILES string of the molecule is COCCn1cc(C)nc1NCC(C)CN1CCCC1. The molecule has 1 N–H and O–H groups in total. The topological polar surface area (TPSA) is 42.3 Å². The largest absolute Gasteiger partial charge is 0.383 e. The van der Waals surface area contributed by atoms with Gasteiger partial charge in [0.1, 0.15) is 0 Å². The average Bonchev–Trinajstić information content (AvgIpc) is 3.03. The molecule has 0 bridgehead atoms. The van der Waals surface area contributed by atoms with E-state index in [-0.39, 0.29) is 0 Å². The Hall–Kier alpha value is -1.07. The second-order valence-electron chi connectivity index (χ2n) is 5.89. The van der Waals surface area contributed by atoms with E-state index in [0.29, 0.717) is 12.5 Å². The molecule has 0 spiro atoms. The highest BCUT2D eigenvalue weighted by molar-refractivity contribution is 5.28. The number of methoxy groups -OCH3 is 1. The van der Waals surface area contributed by atoms with Crippen molar-refractivity contribution in [2.24, 2.45) is 5.92 Å². The molecule has 20 heavy (non-hydrogen) atoms. The van der Waals surface area contributed by atoms with Gasteiger partial charge in [0.2, 0.25) is 5.95 Å². The van der Waals surface area contributed by atoms with Crippen LogP contribution in [-0.2, 0) is 11.3 Å². The molecule has 0 saturated carbocycles. The standard InChI is InChI=1S/C15H28N4O/c1-13(11-18-6-4-5-7-18)10-16-15-17-14(2)12-19(15)8-9-20-3/h12-13H,4-11H2,1-3H3,(H,16,17). The van der Waals surface area contributed by atoms with Crippen molar-refractivity contribution in [2.75, 3.05) is 45.2 Å². The van der Waals surface area contributed by atoms with Gasteiger partial charge in [-0.05, 0) is 38.8 Å². The van der Waals surface area contributed by atoms with Gasteiger partial charge in [0, 0.05) is 32.9 Å². The number of nitrogens with one attached hydrogen (secondary N) is 1. The first kappa shape index (κ1) is 15.3. The summed E-state index contributed by atoms with van der Waals surface area (Å²) in [5.74, 6) is 1.61. The third-order valence-corrected chi connectivity index (χ3v) is 3.81. The summed E-state index contributed by atoms with van der Waals surface area (Å²) in [5, 5.41) is 3.49. The van der Waals surface area contributed by atoms with Crippen LogP contribution in [0.3, 0.4) is 0 Å². The van der Waals surface area contributed by atoms with E-state index in [1.54, 1.807) is 7.11 Å². The summed E-state index contributed by atoms with van der Waals surface area (Å²) < 4.78 is 7.28. The summed E-state index contributed by atoms with van der Waals surface area (Å²) >= 11 is 0. The van der Waals surface area contributed by atoms with Gasteiger partial charge in [-0.15, -0.1) is 0 Å². The third-order valence-electron chi connectivity index (χ3n) is 3.81. The quantitative estimate of drug-likeness (QED) is 0.791. The number of anilines is 1. The molecule has 1 aliphatic heterocycles. The zero-order valence-electron chi connectivity index (χ0n) is 13.1. The molecular formula is C15H28N4O. The summed E-state index contributed by atoms with van der Waals surface area (Å²) in [6.07, 6.45) is 4.80. The number of aryl methyl sites for hydroxylation is 1. The first-order valence-corrected chi connectivity index (χ1v) is 7.68. The molecule has 0 amide bonds. The monoisotopic (exact) mass is 280 g/mol. The lowest BCUT2D eigenvalue weighted by molar-refractivity contribution is 0.187.